The fraction of sp³-hybridized carbons (Fsp3) is 0.800. The van der Waals surface area contributed by atoms with E-state index in [9.17, 15) is 9.59 Å². The second-order valence-electron chi connectivity index (χ2n) is 4.72. The zero-order valence-electron chi connectivity index (χ0n) is 9.37. The quantitative estimate of drug-likeness (QED) is 0.431. The molecule has 2 amide bonds. The standard InChI is InChI=1S/C10H20N4O2/c11-5-9(6-12)1-3-10(4-2-9,7(13)15)8(14)16/h1-6,11-12H2,(H2,13,15)(H2,14,16). The summed E-state index contributed by atoms with van der Waals surface area (Å²) in [5, 5.41) is 0. The number of amides is 2. The van der Waals surface area contributed by atoms with Crippen LogP contribution < -0.4 is 22.9 Å². The maximum Gasteiger partial charge on any atom is 0.233 e. The maximum atomic E-state index is 11.4. The van der Waals surface area contributed by atoms with Crippen LogP contribution in [0, 0.1) is 10.8 Å². The number of carbonyl (C=O) groups excluding carboxylic acids is 2. The summed E-state index contributed by atoms with van der Waals surface area (Å²) in [6, 6.07) is 0. The number of nitrogens with two attached hydrogens (primary N) is 4. The molecule has 1 saturated carbocycles. The third kappa shape index (κ3) is 1.90. The Balaban J connectivity index is 2.86. The van der Waals surface area contributed by atoms with Crippen LogP contribution in [0.25, 0.3) is 0 Å². The molecule has 0 aliphatic heterocycles. The van der Waals surface area contributed by atoms with E-state index in [1.807, 2.05) is 0 Å². The molecule has 0 spiro atoms. The van der Waals surface area contributed by atoms with Gasteiger partial charge in [0.2, 0.25) is 11.8 Å². The number of primary amides is 2. The van der Waals surface area contributed by atoms with E-state index < -0.39 is 17.2 Å². The maximum absolute atomic E-state index is 11.4. The lowest BCUT2D eigenvalue weighted by atomic mass is 9.63. The summed E-state index contributed by atoms with van der Waals surface area (Å²) in [6.07, 6.45) is 1.94. The number of carbonyl (C=O) groups is 2. The van der Waals surface area contributed by atoms with Gasteiger partial charge in [0, 0.05) is 0 Å². The molecule has 1 aliphatic rings. The van der Waals surface area contributed by atoms with Crippen molar-refractivity contribution < 1.29 is 9.59 Å². The highest BCUT2D eigenvalue weighted by molar-refractivity contribution is 6.03. The van der Waals surface area contributed by atoms with Crippen molar-refractivity contribution in [1.82, 2.24) is 0 Å². The monoisotopic (exact) mass is 228 g/mol. The second-order valence-corrected chi connectivity index (χ2v) is 4.72. The molecule has 1 rings (SSSR count). The Morgan fingerprint density at radius 2 is 1.25 bits per heavy atom. The van der Waals surface area contributed by atoms with Gasteiger partial charge in [0.05, 0.1) is 0 Å². The van der Waals surface area contributed by atoms with Crippen LogP contribution in [0.3, 0.4) is 0 Å². The van der Waals surface area contributed by atoms with Gasteiger partial charge in [0.25, 0.3) is 0 Å². The van der Waals surface area contributed by atoms with E-state index in [0.717, 1.165) is 0 Å². The van der Waals surface area contributed by atoms with Crippen LogP contribution in [-0.2, 0) is 9.59 Å². The molecule has 8 N–H and O–H groups in total. The molecule has 0 heterocycles. The molecule has 0 aromatic rings. The molecule has 0 saturated heterocycles. The van der Waals surface area contributed by atoms with Gasteiger partial charge in [0.1, 0.15) is 5.41 Å². The van der Waals surface area contributed by atoms with E-state index >= 15 is 0 Å². The fourth-order valence-electron chi connectivity index (χ4n) is 2.31. The van der Waals surface area contributed by atoms with Gasteiger partial charge in [-0.3, -0.25) is 9.59 Å². The predicted octanol–water partition coefficient (Wildman–Crippen LogP) is -1.58. The third-order valence-electron chi connectivity index (χ3n) is 3.97. The topological polar surface area (TPSA) is 138 Å². The van der Waals surface area contributed by atoms with Crippen molar-refractivity contribution in [2.45, 2.75) is 25.7 Å². The summed E-state index contributed by atoms with van der Waals surface area (Å²) in [5.74, 6) is -1.27. The fourth-order valence-corrected chi connectivity index (χ4v) is 2.31. The highest BCUT2D eigenvalue weighted by Gasteiger charge is 2.49. The smallest absolute Gasteiger partial charge is 0.233 e. The summed E-state index contributed by atoms with van der Waals surface area (Å²) in [6.45, 7) is 0.911. The number of hydrogen-bond acceptors (Lipinski definition) is 4. The Bertz CT molecular complexity index is 273. The first-order chi connectivity index (χ1) is 7.42. The van der Waals surface area contributed by atoms with Crippen LogP contribution in [-0.4, -0.2) is 24.9 Å². The first-order valence-electron chi connectivity index (χ1n) is 5.42. The van der Waals surface area contributed by atoms with Crippen LogP contribution in [0.2, 0.25) is 0 Å². The molecule has 1 fully saturated rings. The van der Waals surface area contributed by atoms with Gasteiger partial charge in [-0.05, 0) is 44.2 Å². The van der Waals surface area contributed by atoms with Gasteiger partial charge in [-0.15, -0.1) is 0 Å². The predicted molar refractivity (Wildman–Crippen MR) is 59.8 cm³/mol. The van der Waals surface area contributed by atoms with E-state index in [1.54, 1.807) is 0 Å². The molecule has 92 valence electrons. The lowest BCUT2D eigenvalue weighted by Gasteiger charge is -2.42. The van der Waals surface area contributed by atoms with Gasteiger partial charge < -0.3 is 22.9 Å². The zero-order valence-corrected chi connectivity index (χ0v) is 9.37. The minimum absolute atomic E-state index is 0.172. The summed E-state index contributed by atoms with van der Waals surface area (Å²) in [7, 11) is 0. The van der Waals surface area contributed by atoms with Gasteiger partial charge >= 0.3 is 0 Å². The molecule has 0 aromatic heterocycles. The number of rotatable bonds is 4. The Kier molecular flexibility index (Phi) is 3.54. The van der Waals surface area contributed by atoms with Gasteiger partial charge in [-0.1, -0.05) is 0 Å². The number of hydrogen-bond donors (Lipinski definition) is 4. The molecule has 6 nitrogen and oxygen atoms in total. The lowest BCUT2D eigenvalue weighted by molar-refractivity contribution is -0.143. The molecule has 16 heavy (non-hydrogen) atoms. The van der Waals surface area contributed by atoms with Crippen molar-refractivity contribution in [2.75, 3.05) is 13.1 Å². The molecule has 0 bridgehead atoms. The molecule has 0 aromatic carbocycles. The normalized spacial score (nSPS) is 22.6. The van der Waals surface area contributed by atoms with E-state index in [4.69, 9.17) is 22.9 Å². The average Bonchev–Trinajstić information content (AvgIpc) is 2.28. The minimum Gasteiger partial charge on any atom is -0.369 e. The van der Waals surface area contributed by atoms with Crippen LogP contribution in [0.1, 0.15) is 25.7 Å². The minimum atomic E-state index is -1.20. The highest BCUT2D eigenvalue weighted by atomic mass is 16.2. The summed E-state index contributed by atoms with van der Waals surface area (Å²) in [4.78, 5) is 22.7. The molecular formula is C10H20N4O2. The Hall–Kier alpha value is -1.14. The summed E-state index contributed by atoms with van der Waals surface area (Å²) >= 11 is 0. The van der Waals surface area contributed by atoms with E-state index in [1.165, 1.54) is 0 Å². The molecule has 0 atom stereocenters. The average molecular weight is 228 g/mol. The van der Waals surface area contributed by atoms with Gasteiger partial charge in [-0.2, -0.15) is 0 Å². The van der Waals surface area contributed by atoms with Crippen LogP contribution in [0.15, 0.2) is 0 Å². The Morgan fingerprint density at radius 3 is 1.50 bits per heavy atom. The summed E-state index contributed by atoms with van der Waals surface area (Å²) < 4.78 is 0. The molecule has 0 unspecified atom stereocenters. The van der Waals surface area contributed by atoms with Crippen molar-refractivity contribution in [2.24, 2.45) is 33.8 Å². The highest BCUT2D eigenvalue weighted by Crippen LogP contribution is 2.44. The third-order valence-corrected chi connectivity index (χ3v) is 3.97. The molecule has 1 aliphatic carbocycles. The van der Waals surface area contributed by atoms with Crippen molar-refractivity contribution in [3.63, 3.8) is 0 Å². The van der Waals surface area contributed by atoms with E-state index in [2.05, 4.69) is 0 Å². The largest absolute Gasteiger partial charge is 0.369 e. The van der Waals surface area contributed by atoms with Crippen LogP contribution in [0.5, 0.6) is 0 Å². The van der Waals surface area contributed by atoms with Crippen LogP contribution in [0.4, 0.5) is 0 Å². The Labute approximate surface area is 94.7 Å². The van der Waals surface area contributed by atoms with Crippen molar-refractivity contribution >= 4 is 11.8 Å². The van der Waals surface area contributed by atoms with Crippen molar-refractivity contribution in [3.05, 3.63) is 0 Å². The lowest BCUT2D eigenvalue weighted by Crippen LogP contribution is -2.53. The second kappa shape index (κ2) is 4.39. The summed E-state index contributed by atoms with van der Waals surface area (Å²) in [5.41, 5.74) is 20.5. The van der Waals surface area contributed by atoms with E-state index in [-0.39, 0.29) is 5.41 Å². The van der Waals surface area contributed by atoms with Crippen molar-refractivity contribution in [3.8, 4) is 0 Å². The van der Waals surface area contributed by atoms with Crippen LogP contribution >= 0.6 is 0 Å². The van der Waals surface area contributed by atoms with Gasteiger partial charge in [-0.25, -0.2) is 0 Å². The van der Waals surface area contributed by atoms with E-state index in [0.29, 0.717) is 38.8 Å². The first kappa shape index (κ1) is 12.9. The SMILES string of the molecule is NCC1(CN)CCC(C(N)=O)(C(N)=O)CC1. The van der Waals surface area contributed by atoms with Crippen molar-refractivity contribution in [1.29, 1.82) is 0 Å². The molecule has 0 radical (unpaired) electrons. The first-order valence-corrected chi connectivity index (χ1v) is 5.42. The molecule has 6 heteroatoms. The Morgan fingerprint density at radius 1 is 0.875 bits per heavy atom. The zero-order chi connectivity index (χ0) is 12.4. The molecular weight excluding hydrogens is 208 g/mol. The van der Waals surface area contributed by atoms with Gasteiger partial charge in [0.15, 0.2) is 0 Å².